The van der Waals surface area contributed by atoms with E-state index in [2.05, 4.69) is 85.5 Å². The summed E-state index contributed by atoms with van der Waals surface area (Å²) in [6.45, 7) is 7.45. The van der Waals surface area contributed by atoms with Gasteiger partial charge in [0.15, 0.2) is 0 Å². The second-order valence-corrected chi connectivity index (χ2v) is 11.5. The molecule has 4 heteroatoms. The van der Waals surface area contributed by atoms with Crippen LogP contribution in [0.2, 0.25) is 0 Å². The third kappa shape index (κ3) is 4.86. The number of halogens is 1. The van der Waals surface area contributed by atoms with Crippen molar-refractivity contribution in [2.75, 3.05) is 6.54 Å². The van der Waals surface area contributed by atoms with Crippen molar-refractivity contribution in [1.29, 1.82) is 0 Å². The number of carbonyl (C=O) groups is 1. The summed E-state index contributed by atoms with van der Waals surface area (Å²) < 4.78 is 14.9. The van der Waals surface area contributed by atoms with Crippen LogP contribution >= 0.6 is 0 Å². The minimum absolute atomic E-state index is 0.00248. The van der Waals surface area contributed by atoms with E-state index in [-0.39, 0.29) is 36.4 Å². The highest BCUT2D eigenvalue weighted by Gasteiger charge is 2.39. The molecule has 0 bridgehead atoms. The number of hydrogen-bond acceptors (Lipinski definition) is 2. The maximum Gasteiger partial charge on any atom is 0.240 e. The molecular weight excluding hydrogens is 495 g/mol. The van der Waals surface area contributed by atoms with Gasteiger partial charge in [-0.2, -0.15) is 0 Å². The third-order valence-corrected chi connectivity index (χ3v) is 9.04. The minimum atomic E-state index is -0.368. The number of nitrogens with zero attached hydrogens (tertiary/aromatic N) is 2. The van der Waals surface area contributed by atoms with Gasteiger partial charge in [0.2, 0.25) is 5.91 Å². The molecule has 4 aromatic rings. The van der Waals surface area contributed by atoms with Crippen molar-refractivity contribution in [3.8, 4) is 0 Å². The molecule has 0 aromatic heterocycles. The maximum atomic E-state index is 14.9. The average Bonchev–Trinajstić information content (AvgIpc) is 3.40. The molecule has 1 amide bonds. The van der Waals surface area contributed by atoms with E-state index in [1.165, 1.54) is 45.0 Å². The standard InChI is InChI=1S/C36H37FN2O/c1-24-11-10-12-25(2)34(24)35-32-17-8-6-13-27(32)19-20-38(35)26(3)36(40)39(23-30-16-7-9-18-33(30)37)31-21-28-14-4-5-15-29(28)22-31/h4-18,26,31,35H,19-23H2,1-3H3/t26-,35+/m0/s1. The van der Waals surface area contributed by atoms with E-state index in [0.29, 0.717) is 5.56 Å². The molecule has 0 unspecified atom stereocenters. The molecule has 1 aliphatic carbocycles. The predicted octanol–water partition coefficient (Wildman–Crippen LogP) is 6.97. The summed E-state index contributed by atoms with van der Waals surface area (Å²) in [5.74, 6) is -0.194. The molecule has 0 saturated carbocycles. The van der Waals surface area contributed by atoms with Gasteiger partial charge in [-0.15, -0.1) is 0 Å². The summed E-state index contributed by atoms with van der Waals surface area (Å²) in [6, 6.07) is 30.0. The van der Waals surface area contributed by atoms with E-state index < -0.39 is 0 Å². The molecule has 0 radical (unpaired) electrons. The van der Waals surface area contributed by atoms with Crippen LogP contribution in [0.3, 0.4) is 0 Å². The molecule has 1 aliphatic heterocycles. The predicted molar refractivity (Wildman–Crippen MR) is 159 cm³/mol. The topological polar surface area (TPSA) is 23.6 Å². The molecule has 4 aromatic carbocycles. The Morgan fingerprint density at radius 3 is 2.12 bits per heavy atom. The van der Waals surface area contributed by atoms with Gasteiger partial charge in [0.1, 0.15) is 5.82 Å². The number of benzene rings is 4. The van der Waals surface area contributed by atoms with Crippen LogP contribution in [0.15, 0.2) is 91.0 Å². The molecule has 0 saturated heterocycles. The zero-order chi connectivity index (χ0) is 27.8. The summed E-state index contributed by atoms with van der Waals surface area (Å²) in [5, 5.41) is 0. The van der Waals surface area contributed by atoms with Crippen LogP contribution in [0, 0.1) is 19.7 Å². The first-order chi connectivity index (χ1) is 19.4. The van der Waals surface area contributed by atoms with Crippen LogP contribution in [0.5, 0.6) is 0 Å². The van der Waals surface area contributed by atoms with Gasteiger partial charge in [0, 0.05) is 24.7 Å². The van der Waals surface area contributed by atoms with E-state index >= 15 is 0 Å². The number of aryl methyl sites for hydroxylation is 2. The van der Waals surface area contributed by atoms with Gasteiger partial charge in [-0.05, 0) is 85.0 Å². The highest BCUT2D eigenvalue weighted by molar-refractivity contribution is 5.82. The molecule has 1 heterocycles. The number of fused-ring (bicyclic) bond motifs is 2. The number of hydrogen-bond donors (Lipinski definition) is 0. The smallest absolute Gasteiger partial charge is 0.240 e. The number of carbonyl (C=O) groups excluding carboxylic acids is 1. The molecule has 0 spiro atoms. The Balaban J connectivity index is 1.38. The fourth-order valence-electron chi connectivity index (χ4n) is 6.92. The first kappa shape index (κ1) is 26.5. The second kappa shape index (κ2) is 11.0. The van der Waals surface area contributed by atoms with Crippen molar-refractivity contribution in [3.05, 3.63) is 141 Å². The zero-order valence-corrected chi connectivity index (χ0v) is 23.6. The van der Waals surface area contributed by atoms with Gasteiger partial charge in [-0.3, -0.25) is 9.69 Å². The molecule has 40 heavy (non-hydrogen) atoms. The van der Waals surface area contributed by atoms with Gasteiger partial charge in [-0.1, -0.05) is 84.9 Å². The van der Waals surface area contributed by atoms with E-state index in [1.807, 2.05) is 17.9 Å². The van der Waals surface area contributed by atoms with Crippen LogP contribution in [-0.2, 0) is 30.6 Å². The monoisotopic (exact) mass is 532 g/mol. The van der Waals surface area contributed by atoms with Crippen LogP contribution in [-0.4, -0.2) is 34.3 Å². The first-order valence-electron chi connectivity index (χ1n) is 14.4. The lowest BCUT2D eigenvalue weighted by atomic mass is 9.83. The van der Waals surface area contributed by atoms with E-state index in [0.717, 1.165) is 25.8 Å². The van der Waals surface area contributed by atoms with Crippen molar-refractivity contribution in [1.82, 2.24) is 9.80 Å². The zero-order valence-electron chi connectivity index (χ0n) is 23.6. The van der Waals surface area contributed by atoms with Crippen molar-refractivity contribution in [2.45, 2.75) is 64.7 Å². The minimum Gasteiger partial charge on any atom is -0.333 e. The quantitative estimate of drug-likeness (QED) is 0.268. The molecule has 3 nitrogen and oxygen atoms in total. The summed E-state index contributed by atoms with van der Waals surface area (Å²) in [4.78, 5) is 19.0. The lowest BCUT2D eigenvalue weighted by Crippen LogP contribution is -2.53. The van der Waals surface area contributed by atoms with Crippen LogP contribution in [0.25, 0.3) is 0 Å². The Hall–Kier alpha value is -3.76. The van der Waals surface area contributed by atoms with Crippen molar-refractivity contribution in [2.24, 2.45) is 0 Å². The average molecular weight is 533 g/mol. The van der Waals surface area contributed by atoms with Crippen LogP contribution in [0.1, 0.15) is 57.5 Å². The SMILES string of the molecule is Cc1cccc(C)c1[C@H]1c2ccccc2CCN1[C@@H](C)C(=O)N(Cc1ccccc1F)C1Cc2ccccc2C1. The van der Waals surface area contributed by atoms with Gasteiger partial charge in [0.25, 0.3) is 0 Å². The fourth-order valence-corrected chi connectivity index (χ4v) is 6.92. The van der Waals surface area contributed by atoms with E-state index in [4.69, 9.17) is 0 Å². The van der Waals surface area contributed by atoms with Crippen molar-refractivity contribution < 1.29 is 9.18 Å². The molecule has 0 N–H and O–H groups in total. The number of rotatable bonds is 6. The summed E-state index contributed by atoms with van der Waals surface area (Å²) >= 11 is 0. The second-order valence-electron chi connectivity index (χ2n) is 11.5. The highest BCUT2D eigenvalue weighted by atomic mass is 19.1. The first-order valence-corrected chi connectivity index (χ1v) is 14.4. The van der Waals surface area contributed by atoms with Gasteiger partial charge in [0.05, 0.1) is 12.1 Å². The van der Waals surface area contributed by atoms with E-state index in [9.17, 15) is 9.18 Å². The van der Waals surface area contributed by atoms with Crippen LogP contribution in [0.4, 0.5) is 4.39 Å². The summed E-state index contributed by atoms with van der Waals surface area (Å²) in [5.41, 5.74) is 9.51. The third-order valence-electron chi connectivity index (χ3n) is 9.04. The molecule has 2 aliphatic rings. The Labute approximate surface area is 237 Å². The highest BCUT2D eigenvalue weighted by Crippen LogP contribution is 2.40. The summed E-state index contributed by atoms with van der Waals surface area (Å²) in [7, 11) is 0. The largest absolute Gasteiger partial charge is 0.333 e. The maximum absolute atomic E-state index is 14.9. The Morgan fingerprint density at radius 2 is 1.45 bits per heavy atom. The normalized spacial score (nSPS) is 17.8. The lowest BCUT2D eigenvalue weighted by Gasteiger charge is -2.44. The molecule has 0 fully saturated rings. The molecule has 204 valence electrons. The van der Waals surface area contributed by atoms with E-state index in [1.54, 1.807) is 12.1 Å². The van der Waals surface area contributed by atoms with Crippen LogP contribution < -0.4 is 0 Å². The molecular formula is C36H37FN2O. The molecule has 2 atom stereocenters. The molecule has 6 rings (SSSR count). The Morgan fingerprint density at radius 1 is 0.850 bits per heavy atom. The van der Waals surface area contributed by atoms with Gasteiger partial charge >= 0.3 is 0 Å². The Bertz CT molecular complexity index is 1500. The number of amides is 1. The fraction of sp³-hybridized carbons (Fsp3) is 0.306. The van der Waals surface area contributed by atoms with Crippen molar-refractivity contribution >= 4 is 5.91 Å². The van der Waals surface area contributed by atoms with Gasteiger partial charge < -0.3 is 4.90 Å². The lowest BCUT2D eigenvalue weighted by molar-refractivity contribution is -0.140. The van der Waals surface area contributed by atoms with Gasteiger partial charge in [-0.25, -0.2) is 4.39 Å². The summed E-state index contributed by atoms with van der Waals surface area (Å²) in [6.07, 6.45) is 2.50. The Kier molecular flexibility index (Phi) is 7.29. The van der Waals surface area contributed by atoms with Crippen molar-refractivity contribution in [3.63, 3.8) is 0 Å².